The standard InChI is InChI=1S/C20H31NO6S/c1-14-11-21(19(22)27-20(2,3)4)12-16(13-26-28(6,23)24)18(14)15-7-9-17(25-5)10-8-15/h7-10,14,16,18H,11-13H2,1-6H3/t14?,16-,18-/m0/s1. The van der Waals surface area contributed by atoms with Gasteiger partial charge in [0.25, 0.3) is 10.1 Å². The zero-order valence-corrected chi connectivity index (χ0v) is 18.3. The molecule has 158 valence electrons. The van der Waals surface area contributed by atoms with Gasteiger partial charge in [-0.2, -0.15) is 8.42 Å². The first-order valence-electron chi connectivity index (χ1n) is 9.36. The summed E-state index contributed by atoms with van der Waals surface area (Å²) in [4.78, 5) is 14.2. The van der Waals surface area contributed by atoms with E-state index in [2.05, 4.69) is 6.92 Å². The Kier molecular flexibility index (Phi) is 6.98. The molecule has 1 aliphatic rings. The van der Waals surface area contributed by atoms with Gasteiger partial charge in [-0.15, -0.1) is 0 Å². The van der Waals surface area contributed by atoms with Crippen molar-refractivity contribution < 1.29 is 26.9 Å². The summed E-state index contributed by atoms with van der Waals surface area (Å²) in [5, 5.41) is 0. The monoisotopic (exact) mass is 413 g/mol. The largest absolute Gasteiger partial charge is 0.497 e. The molecule has 2 rings (SSSR count). The lowest BCUT2D eigenvalue weighted by Crippen LogP contribution is -2.49. The molecule has 1 amide bonds. The zero-order valence-electron chi connectivity index (χ0n) is 17.5. The molecule has 1 unspecified atom stereocenters. The maximum absolute atomic E-state index is 12.6. The molecule has 28 heavy (non-hydrogen) atoms. The van der Waals surface area contributed by atoms with Crippen molar-refractivity contribution in [3.05, 3.63) is 29.8 Å². The Balaban J connectivity index is 2.26. The number of nitrogens with zero attached hydrogens (tertiary/aromatic N) is 1. The average molecular weight is 414 g/mol. The minimum Gasteiger partial charge on any atom is -0.497 e. The quantitative estimate of drug-likeness (QED) is 0.689. The number of likely N-dealkylation sites (tertiary alicyclic amines) is 1. The molecule has 0 saturated carbocycles. The van der Waals surface area contributed by atoms with Crippen LogP contribution in [0.25, 0.3) is 0 Å². The van der Waals surface area contributed by atoms with E-state index in [0.29, 0.717) is 13.1 Å². The number of benzene rings is 1. The first-order valence-corrected chi connectivity index (χ1v) is 11.2. The van der Waals surface area contributed by atoms with Crippen LogP contribution in [0.1, 0.15) is 39.2 Å². The van der Waals surface area contributed by atoms with E-state index < -0.39 is 21.8 Å². The van der Waals surface area contributed by atoms with Crippen LogP contribution >= 0.6 is 0 Å². The molecule has 0 aromatic heterocycles. The number of carbonyl (C=O) groups is 1. The Morgan fingerprint density at radius 1 is 1.18 bits per heavy atom. The molecule has 8 heteroatoms. The maximum Gasteiger partial charge on any atom is 0.410 e. The van der Waals surface area contributed by atoms with Crippen molar-refractivity contribution in [1.29, 1.82) is 0 Å². The topological polar surface area (TPSA) is 82.1 Å². The lowest BCUT2D eigenvalue weighted by molar-refractivity contribution is 0.00304. The molecule has 1 fully saturated rings. The van der Waals surface area contributed by atoms with Crippen molar-refractivity contribution in [2.45, 2.75) is 39.2 Å². The van der Waals surface area contributed by atoms with Crippen molar-refractivity contribution in [2.24, 2.45) is 11.8 Å². The predicted molar refractivity (Wildman–Crippen MR) is 107 cm³/mol. The van der Waals surface area contributed by atoms with Crippen molar-refractivity contribution in [1.82, 2.24) is 4.90 Å². The third-order valence-corrected chi connectivity index (χ3v) is 5.30. The van der Waals surface area contributed by atoms with E-state index in [0.717, 1.165) is 17.6 Å². The highest BCUT2D eigenvalue weighted by molar-refractivity contribution is 7.85. The number of carbonyl (C=O) groups excluding carboxylic acids is 1. The van der Waals surface area contributed by atoms with Gasteiger partial charge in [0.2, 0.25) is 0 Å². The number of hydrogen-bond donors (Lipinski definition) is 0. The van der Waals surface area contributed by atoms with Crippen LogP contribution < -0.4 is 4.74 Å². The fourth-order valence-corrected chi connectivity index (χ4v) is 4.09. The van der Waals surface area contributed by atoms with Gasteiger partial charge in [0, 0.05) is 19.0 Å². The molecule has 1 saturated heterocycles. The highest BCUT2D eigenvalue weighted by atomic mass is 32.2. The number of rotatable bonds is 5. The first-order chi connectivity index (χ1) is 12.9. The number of amides is 1. The number of ether oxygens (including phenoxy) is 2. The normalized spacial score (nSPS) is 23.4. The van der Waals surface area contributed by atoms with E-state index in [-0.39, 0.29) is 24.4 Å². The van der Waals surface area contributed by atoms with Crippen molar-refractivity contribution in [3.63, 3.8) is 0 Å². The molecule has 0 radical (unpaired) electrons. The molecular weight excluding hydrogens is 382 g/mol. The summed E-state index contributed by atoms with van der Waals surface area (Å²) in [6.07, 6.45) is 0.643. The van der Waals surface area contributed by atoms with E-state index in [4.69, 9.17) is 13.7 Å². The number of piperidine rings is 1. The molecule has 7 nitrogen and oxygen atoms in total. The summed E-state index contributed by atoms with van der Waals surface area (Å²) in [5.41, 5.74) is 0.477. The first kappa shape index (κ1) is 22.5. The molecule has 1 aromatic rings. The van der Waals surface area contributed by atoms with Crippen LogP contribution in [0, 0.1) is 11.8 Å². The van der Waals surface area contributed by atoms with Crippen LogP contribution in [-0.2, 0) is 19.0 Å². The lowest BCUT2D eigenvalue weighted by atomic mass is 9.75. The molecule has 3 atom stereocenters. The summed E-state index contributed by atoms with van der Waals surface area (Å²) in [5.74, 6) is 0.722. The fourth-order valence-electron chi connectivity index (χ4n) is 3.67. The van der Waals surface area contributed by atoms with E-state index >= 15 is 0 Å². The third-order valence-electron chi connectivity index (χ3n) is 4.73. The van der Waals surface area contributed by atoms with Crippen LogP contribution in [0.2, 0.25) is 0 Å². The van der Waals surface area contributed by atoms with Gasteiger partial charge in [-0.25, -0.2) is 4.79 Å². The van der Waals surface area contributed by atoms with Crippen molar-refractivity contribution in [2.75, 3.05) is 33.1 Å². The molecule has 0 spiro atoms. The van der Waals surface area contributed by atoms with E-state index in [1.165, 1.54) is 0 Å². The van der Waals surface area contributed by atoms with Gasteiger partial charge in [0.15, 0.2) is 0 Å². The van der Waals surface area contributed by atoms with Crippen LogP contribution in [0.15, 0.2) is 24.3 Å². The summed E-state index contributed by atoms with van der Waals surface area (Å²) in [7, 11) is -1.97. The average Bonchev–Trinajstić information content (AvgIpc) is 2.57. The summed E-state index contributed by atoms with van der Waals surface area (Å²) in [6.45, 7) is 8.43. The molecule has 1 aromatic carbocycles. The SMILES string of the molecule is COc1ccc([C@@H]2C(C)CN(C(=O)OC(C)(C)C)C[C@H]2COS(C)(=O)=O)cc1. The molecule has 0 bridgehead atoms. The predicted octanol–water partition coefficient (Wildman–Crippen LogP) is 3.26. The third kappa shape index (κ3) is 6.38. The Morgan fingerprint density at radius 2 is 1.79 bits per heavy atom. The fraction of sp³-hybridized carbons (Fsp3) is 0.650. The van der Waals surface area contributed by atoms with Crippen molar-refractivity contribution in [3.8, 4) is 5.75 Å². The minimum atomic E-state index is -3.58. The molecule has 1 heterocycles. The van der Waals surface area contributed by atoms with Crippen LogP contribution in [0.4, 0.5) is 4.79 Å². The minimum absolute atomic E-state index is 0.0131. The number of hydrogen-bond acceptors (Lipinski definition) is 6. The summed E-state index contributed by atoms with van der Waals surface area (Å²) in [6, 6.07) is 7.74. The second kappa shape index (κ2) is 8.69. The lowest BCUT2D eigenvalue weighted by Gasteiger charge is -2.43. The van der Waals surface area contributed by atoms with Gasteiger partial charge in [-0.3, -0.25) is 4.18 Å². The Bertz CT molecular complexity index is 769. The zero-order chi connectivity index (χ0) is 21.1. The molecular formula is C20H31NO6S. The summed E-state index contributed by atoms with van der Waals surface area (Å²) >= 11 is 0. The van der Waals surface area contributed by atoms with Gasteiger partial charge in [0.1, 0.15) is 11.4 Å². The van der Waals surface area contributed by atoms with E-state index in [9.17, 15) is 13.2 Å². The molecule has 1 aliphatic heterocycles. The van der Waals surface area contributed by atoms with Gasteiger partial charge in [-0.05, 0) is 50.3 Å². The van der Waals surface area contributed by atoms with E-state index in [1.54, 1.807) is 12.0 Å². The highest BCUT2D eigenvalue weighted by Gasteiger charge is 2.39. The van der Waals surface area contributed by atoms with Crippen LogP contribution in [0.3, 0.4) is 0 Å². The Morgan fingerprint density at radius 3 is 2.29 bits per heavy atom. The number of methoxy groups -OCH3 is 1. The van der Waals surface area contributed by atoms with Crippen LogP contribution in [0.5, 0.6) is 5.75 Å². The summed E-state index contributed by atoms with van der Waals surface area (Å²) < 4.78 is 38.9. The smallest absolute Gasteiger partial charge is 0.410 e. The van der Waals surface area contributed by atoms with Gasteiger partial charge >= 0.3 is 6.09 Å². The maximum atomic E-state index is 12.6. The Labute approximate surface area is 168 Å². The molecule has 0 N–H and O–H groups in total. The van der Waals surface area contributed by atoms with Gasteiger partial charge < -0.3 is 14.4 Å². The van der Waals surface area contributed by atoms with Crippen molar-refractivity contribution >= 4 is 16.2 Å². The van der Waals surface area contributed by atoms with Crippen LogP contribution in [-0.4, -0.2) is 58.1 Å². The van der Waals surface area contributed by atoms with Gasteiger partial charge in [-0.1, -0.05) is 19.1 Å². The second-order valence-electron chi connectivity index (χ2n) is 8.41. The van der Waals surface area contributed by atoms with E-state index in [1.807, 2.05) is 45.0 Å². The highest BCUT2D eigenvalue weighted by Crippen LogP contribution is 2.38. The Hall–Kier alpha value is -1.80. The molecule has 0 aliphatic carbocycles. The second-order valence-corrected chi connectivity index (χ2v) is 10.1. The van der Waals surface area contributed by atoms with Gasteiger partial charge in [0.05, 0.1) is 20.0 Å².